The van der Waals surface area contributed by atoms with Crippen molar-refractivity contribution in [3.63, 3.8) is 0 Å². The van der Waals surface area contributed by atoms with Crippen molar-refractivity contribution in [2.75, 3.05) is 26.2 Å². The van der Waals surface area contributed by atoms with Gasteiger partial charge in [0.25, 0.3) is 0 Å². The number of carbonyl (C=O) groups is 1. The highest BCUT2D eigenvalue weighted by Crippen LogP contribution is 2.27. The quantitative estimate of drug-likeness (QED) is 0.697. The van der Waals surface area contributed by atoms with E-state index in [9.17, 15) is 13.2 Å². The number of carbonyl (C=O) groups excluding carboxylic acids is 1. The molecule has 0 aliphatic carbocycles. The standard InChI is InChI=1S/C18H23BrN2O3S/c1-14-8-11-20(12-9-14)18(22)15-3-2-10-21(13-15)25(23,24)17-6-4-16(19)5-7-17/h4-7,15H,1-3,8-13H2. The summed E-state index contributed by atoms with van der Waals surface area (Å²) in [6, 6.07) is 6.64. The van der Waals surface area contributed by atoms with Crippen LogP contribution in [0.4, 0.5) is 0 Å². The number of hydrogen-bond acceptors (Lipinski definition) is 3. The van der Waals surface area contributed by atoms with E-state index < -0.39 is 10.0 Å². The summed E-state index contributed by atoms with van der Waals surface area (Å²) in [5.74, 6) is -0.159. The van der Waals surface area contributed by atoms with Crippen LogP contribution in [-0.4, -0.2) is 49.7 Å². The third-order valence-electron chi connectivity index (χ3n) is 4.97. The number of rotatable bonds is 3. The molecule has 136 valence electrons. The molecule has 0 spiro atoms. The molecule has 0 saturated carbocycles. The highest BCUT2D eigenvalue weighted by atomic mass is 79.9. The van der Waals surface area contributed by atoms with Crippen molar-refractivity contribution in [2.24, 2.45) is 5.92 Å². The molecule has 2 aliphatic heterocycles. The van der Waals surface area contributed by atoms with Gasteiger partial charge in [-0.25, -0.2) is 8.42 Å². The number of halogens is 1. The first-order valence-corrected chi connectivity index (χ1v) is 10.8. The van der Waals surface area contributed by atoms with Gasteiger partial charge >= 0.3 is 0 Å². The maximum absolute atomic E-state index is 12.9. The Hall–Kier alpha value is -1.18. The summed E-state index contributed by atoms with van der Waals surface area (Å²) < 4.78 is 28.0. The molecule has 3 rings (SSSR count). The van der Waals surface area contributed by atoms with Crippen LogP contribution in [0.25, 0.3) is 0 Å². The van der Waals surface area contributed by atoms with E-state index in [1.54, 1.807) is 24.3 Å². The molecule has 7 heteroatoms. The summed E-state index contributed by atoms with van der Waals surface area (Å²) in [5, 5.41) is 0. The summed E-state index contributed by atoms with van der Waals surface area (Å²) in [6.45, 7) is 6.12. The van der Waals surface area contributed by atoms with E-state index in [1.165, 1.54) is 9.88 Å². The molecule has 0 radical (unpaired) electrons. The lowest BCUT2D eigenvalue weighted by atomic mass is 9.96. The molecule has 2 fully saturated rings. The predicted molar refractivity (Wildman–Crippen MR) is 101 cm³/mol. The maximum atomic E-state index is 12.9. The third-order valence-corrected chi connectivity index (χ3v) is 7.38. The van der Waals surface area contributed by atoms with Gasteiger partial charge in [0.1, 0.15) is 0 Å². The van der Waals surface area contributed by atoms with Crippen LogP contribution < -0.4 is 0 Å². The van der Waals surface area contributed by atoms with E-state index in [1.807, 2.05) is 4.90 Å². The molecular weight excluding hydrogens is 404 g/mol. The van der Waals surface area contributed by atoms with Crippen molar-refractivity contribution in [1.82, 2.24) is 9.21 Å². The fraction of sp³-hybridized carbons (Fsp3) is 0.500. The van der Waals surface area contributed by atoms with E-state index in [4.69, 9.17) is 0 Å². The zero-order chi connectivity index (χ0) is 18.0. The van der Waals surface area contributed by atoms with E-state index in [0.717, 1.165) is 23.7 Å². The van der Waals surface area contributed by atoms with Gasteiger partial charge in [-0.3, -0.25) is 4.79 Å². The highest BCUT2D eigenvalue weighted by Gasteiger charge is 2.35. The van der Waals surface area contributed by atoms with Gasteiger partial charge in [-0.1, -0.05) is 28.1 Å². The first-order chi connectivity index (χ1) is 11.9. The zero-order valence-corrected chi connectivity index (χ0v) is 16.6. The predicted octanol–water partition coefficient (Wildman–Crippen LogP) is 3.03. The smallest absolute Gasteiger partial charge is 0.243 e. The minimum atomic E-state index is -3.56. The average molecular weight is 427 g/mol. The van der Waals surface area contributed by atoms with Crippen LogP contribution in [0.15, 0.2) is 45.8 Å². The molecule has 0 N–H and O–H groups in total. The number of likely N-dealkylation sites (tertiary alicyclic amines) is 1. The second-order valence-corrected chi connectivity index (χ2v) is 9.59. The van der Waals surface area contributed by atoms with Gasteiger partial charge < -0.3 is 4.90 Å². The Kier molecular flexibility index (Phi) is 5.65. The SMILES string of the molecule is C=C1CCN(C(=O)C2CCCN(S(=O)(=O)c3ccc(Br)cc3)C2)CC1. The average Bonchev–Trinajstić information content (AvgIpc) is 2.62. The number of amides is 1. The molecule has 1 aromatic carbocycles. The zero-order valence-electron chi connectivity index (χ0n) is 14.2. The fourth-order valence-corrected chi connectivity index (χ4v) is 5.21. The van der Waals surface area contributed by atoms with E-state index in [0.29, 0.717) is 26.1 Å². The Balaban J connectivity index is 1.71. The van der Waals surface area contributed by atoms with Crippen LogP contribution in [0.3, 0.4) is 0 Å². The van der Waals surface area contributed by atoms with Crippen molar-refractivity contribution < 1.29 is 13.2 Å². The third kappa shape index (κ3) is 4.15. The molecule has 0 bridgehead atoms. The number of hydrogen-bond donors (Lipinski definition) is 0. The van der Waals surface area contributed by atoms with E-state index in [2.05, 4.69) is 22.5 Å². The van der Waals surface area contributed by atoms with Crippen LogP contribution >= 0.6 is 15.9 Å². The molecule has 2 aliphatic rings. The molecule has 2 saturated heterocycles. The number of piperidine rings is 2. The molecule has 0 aromatic heterocycles. The molecule has 1 unspecified atom stereocenters. The van der Waals surface area contributed by atoms with Gasteiger partial charge in [0.2, 0.25) is 15.9 Å². The van der Waals surface area contributed by atoms with Gasteiger partial charge in [0, 0.05) is 30.7 Å². The lowest BCUT2D eigenvalue weighted by molar-refractivity contribution is -0.137. The number of sulfonamides is 1. The van der Waals surface area contributed by atoms with E-state index >= 15 is 0 Å². The Morgan fingerprint density at radius 3 is 2.40 bits per heavy atom. The van der Waals surface area contributed by atoms with E-state index in [-0.39, 0.29) is 23.3 Å². The van der Waals surface area contributed by atoms with Crippen LogP contribution in [0.5, 0.6) is 0 Å². The van der Waals surface area contributed by atoms with Crippen molar-refractivity contribution >= 4 is 31.9 Å². The molecular formula is C18H23BrN2O3S. The summed E-state index contributed by atoms with van der Waals surface area (Å²) in [7, 11) is -3.56. The lowest BCUT2D eigenvalue weighted by Crippen LogP contribution is -2.48. The van der Waals surface area contributed by atoms with Gasteiger partial charge in [0.15, 0.2) is 0 Å². The fourth-order valence-electron chi connectivity index (χ4n) is 3.42. The second kappa shape index (κ2) is 7.60. The van der Waals surface area contributed by atoms with Crippen LogP contribution in [0.1, 0.15) is 25.7 Å². The van der Waals surface area contributed by atoms with Crippen molar-refractivity contribution in [3.05, 3.63) is 40.9 Å². The Morgan fingerprint density at radius 2 is 1.76 bits per heavy atom. The lowest BCUT2D eigenvalue weighted by Gasteiger charge is -2.36. The van der Waals surface area contributed by atoms with Crippen molar-refractivity contribution in [3.8, 4) is 0 Å². The minimum Gasteiger partial charge on any atom is -0.342 e. The Morgan fingerprint density at radius 1 is 1.12 bits per heavy atom. The monoisotopic (exact) mass is 426 g/mol. The molecule has 5 nitrogen and oxygen atoms in total. The maximum Gasteiger partial charge on any atom is 0.243 e. The van der Waals surface area contributed by atoms with Crippen LogP contribution in [0, 0.1) is 5.92 Å². The largest absolute Gasteiger partial charge is 0.342 e. The molecule has 1 amide bonds. The number of benzene rings is 1. The Bertz CT molecular complexity index is 751. The molecule has 1 aromatic rings. The first-order valence-electron chi connectivity index (χ1n) is 8.59. The normalized spacial score (nSPS) is 22.8. The van der Waals surface area contributed by atoms with Crippen molar-refractivity contribution in [2.45, 2.75) is 30.6 Å². The van der Waals surface area contributed by atoms with Gasteiger partial charge in [0.05, 0.1) is 10.8 Å². The van der Waals surface area contributed by atoms with Crippen LogP contribution in [-0.2, 0) is 14.8 Å². The first kappa shape index (κ1) is 18.6. The highest BCUT2D eigenvalue weighted by molar-refractivity contribution is 9.10. The van der Waals surface area contributed by atoms with Gasteiger partial charge in [-0.05, 0) is 49.9 Å². The second-order valence-electron chi connectivity index (χ2n) is 6.73. The summed E-state index contributed by atoms with van der Waals surface area (Å²) >= 11 is 3.32. The molecule has 2 heterocycles. The van der Waals surface area contributed by atoms with Crippen molar-refractivity contribution in [1.29, 1.82) is 0 Å². The van der Waals surface area contributed by atoms with Gasteiger partial charge in [-0.15, -0.1) is 0 Å². The summed E-state index contributed by atoms with van der Waals surface area (Å²) in [6.07, 6.45) is 3.16. The molecule has 25 heavy (non-hydrogen) atoms. The van der Waals surface area contributed by atoms with Crippen LogP contribution in [0.2, 0.25) is 0 Å². The number of nitrogens with zero attached hydrogens (tertiary/aromatic N) is 2. The van der Waals surface area contributed by atoms with Gasteiger partial charge in [-0.2, -0.15) is 4.31 Å². The minimum absolute atomic E-state index is 0.0863. The topological polar surface area (TPSA) is 57.7 Å². The molecule has 1 atom stereocenters. The summed E-state index contributed by atoms with van der Waals surface area (Å²) in [4.78, 5) is 14.9. The Labute approximate surface area is 157 Å². The summed E-state index contributed by atoms with van der Waals surface area (Å²) in [5.41, 5.74) is 1.19.